The van der Waals surface area contributed by atoms with Crippen molar-refractivity contribution in [2.24, 2.45) is 0 Å². The molecule has 0 saturated carbocycles. The quantitative estimate of drug-likeness (QED) is 0.175. The minimum Gasteiger partial charge on any atom is -0.310 e. The summed E-state index contributed by atoms with van der Waals surface area (Å²) >= 11 is 0. The molecule has 8 aromatic carbocycles. The SMILES string of the molecule is Cc1ccc2c(c1)C1(c3cc(C)ccc3-2)c2cc(C)ccc2-c2cccc(N(c3ccc4c(c3)C(C)(C)c3ccccc3-4)c3ccccc3-c3ccccc3)c21. The molecule has 0 radical (unpaired) electrons. The molecule has 268 valence electrons. The van der Waals surface area contributed by atoms with Gasteiger partial charge in [0, 0.05) is 22.2 Å². The fraction of sp³-hybridized carbons (Fsp3) is 0.127. The van der Waals surface area contributed by atoms with Crippen LogP contribution >= 0.6 is 0 Å². The van der Waals surface area contributed by atoms with Gasteiger partial charge in [-0.1, -0.05) is 176 Å². The molecule has 0 atom stereocenters. The molecule has 1 heteroatoms. The van der Waals surface area contributed by atoms with Crippen LogP contribution in [0.1, 0.15) is 63.9 Å². The minimum absolute atomic E-state index is 0.140. The highest BCUT2D eigenvalue weighted by Crippen LogP contribution is 2.66. The van der Waals surface area contributed by atoms with Crippen molar-refractivity contribution in [3.63, 3.8) is 0 Å². The summed E-state index contributed by atoms with van der Waals surface area (Å²) in [6.07, 6.45) is 0. The zero-order valence-electron chi connectivity index (χ0n) is 32.6. The van der Waals surface area contributed by atoms with Gasteiger partial charge in [-0.3, -0.25) is 0 Å². The summed E-state index contributed by atoms with van der Waals surface area (Å²) in [7, 11) is 0. The molecule has 8 aromatic rings. The number of benzene rings is 8. The van der Waals surface area contributed by atoms with Crippen molar-refractivity contribution in [2.75, 3.05) is 4.90 Å². The largest absolute Gasteiger partial charge is 0.310 e. The topological polar surface area (TPSA) is 3.24 Å². The van der Waals surface area contributed by atoms with Crippen molar-refractivity contribution in [1.82, 2.24) is 0 Å². The molecule has 0 aliphatic heterocycles. The summed E-state index contributed by atoms with van der Waals surface area (Å²) in [6, 6.07) is 64.5. The molecular weight excluding hydrogens is 675 g/mol. The van der Waals surface area contributed by atoms with Crippen LogP contribution in [0, 0.1) is 20.8 Å². The lowest BCUT2D eigenvalue weighted by molar-refractivity contribution is 0.660. The third-order valence-electron chi connectivity index (χ3n) is 13.0. The first-order valence-corrected chi connectivity index (χ1v) is 19.9. The lowest BCUT2D eigenvalue weighted by atomic mass is 9.69. The minimum atomic E-state index is -0.512. The molecule has 3 aliphatic rings. The molecule has 3 aliphatic carbocycles. The Balaban J connectivity index is 1.28. The highest BCUT2D eigenvalue weighted by Gasteiger charge is 2.53. The normalized spacial score (nSPS) is 14.4. The van der Waals surface area contributed by atoms with Gasteiger partial charge in [-0.25, -0.2) is 0 Å². The average molecular weight is 718 g/mol. The molecule has 0 N–H and O–H groups in total. The van der Waals surface area contributed by atoms with Gasteiger partial charge >= 0.3 is 0 Å². The standard InChI is InChI=1S/C55H43N/c1-34-22-26-42-43-27-23-35(2)31-49(43)55(48(42)30-34)50-32-36(3)24-28-44(50)45-18-13-21-52(53(45)55)56(51-20-12-10-16-39(51)37-14-7-6-8-15-37)38-25-29-41-40-17-9-11-19-46(40)54(4,5)47(41)33-38/h6-33H,1-5H3. The Morgan fingerprint density at radius 1 is 0.357 bits per heavy atom. The molecule has 0 bridgehead atoms. The Morgan fingerprint density at radius 2 is 0.839 bits per heavy atom. The van der Waals surface area contributed by atoms with Gasteiger partial charge in [0.25, 0.3) is 0 Å². The molecule has 11 rings (SSSR count). The second-order valence-electron chi connectivity index (χ2n) is 16.7. The van der Waals surface area contributed by atoms with E-state index < -0.39 is 5.41 Å². The number of hydrogen-bond acceptors (Lipinski definition) is 1. The highest BCUT2D eigenvalue weighted by atomic mass is 15.1. The third-order valence-corrected chi connectivity index (χ3v) is 13.0. The molecule has 56 heavy (non-hydrogen) atoms. The van der Waals surface area contributed by atoms with Crippen LogP contribution in [-0.4, -0.2) is 0 Å². The lowest BCUT2D eigenvalue weighted by Gasteiger charge is -2.37. The number of rotatable bonds is 4. The van der Waals surface area contributed by atoms with Crippen LogP contribution in [0.4, 0.5) is 17.1 Å². The molecule has 0 amide bonds. The molecular formula is C55H43N. The molecule has 0 saturated heterocycles. The molecule has 1 spiro atoms. The van der Waals surface area contributed by atoms with Crippen LogP contribution in [-0.2, 0) is 10.8 Å². The van der Waals surface area contributed by atoms with E-state index in [2.05, 4.69) is 209 Å². The third kappa shape index (κ3) is 4.37. The second kappa shape index (κ2) is 11.8. The fourth-order valence-electron chi connectivity index (χ4n) is 10.6. The van der Waals surface area contributed by atoms with Gasteiger partial charge in [0.1, 0.15) is 0 Å². The predicted octanol–water partition coefficient (Wildman–Crippen LogP) is 14.4. The van der Waals surface area contributed by atoms with Crippen molar-refractivity contribution < 1.29 is 0 Å². The summed E-state index contributed by atoms with van der Waals surface area (Å²) < 4.78 is 0. The average Bonchev–Trinajstić information content (AvgIpc) is 3.76. The zero-order valence-corrected chi connectivity index (χ0v) is 32.6. The summed E-state index contributed by atoms with van der Waals surface area (Å²) in [5, 5.41) is 0. The Hall–Kier alpha value is -6.44. The van der Waals surface area contributed by atoms with E-state index in [0.29, 0.717) is 0 Å². The first kappa shape index (κ1) is 32.9. The Labute approximate surface area is 330 Å². The number of nitrogens with zero attached hydrogens (tertiary/aromatic N) is 1. The Morgan fingerprint density at radius 3 is 1.50 bits per heavy atom. The number of anilines is 3. The summed E-state index contributed by atoms with van der Waals surface area (Å²) in [6.45, 7) is 11.5. The Kier molecular flexibility index (Phi) is 6.93. The van der Waals surface area contributed by atoms with E-state index in [1.165, 1.54) is 100 Å². The van der Waals surface area contributed by atoms with Crippen molar-refractivity contribution in [3.05, 3.63) is 220 Å². The van der Waals surface area contributed by atoms with E-state index in [0.717, 1.165) is 11.4 Å². The maximum absolute atomic E-state index is 2.59. The van der Waals surface area contributed by atoms with Crippen molar-refractivity contribution in [2.45, 2.75) is 45.4 Å². The van der Waals surface area contributed by atoms with Gasteiger partial charge in [-0.05, 0) is 112 Å². The van der Waals surface area contributed by atoms with Crippen LogP contribution in [0.25, 0.3) is 44.5 Å². The van der Waals surface area contributed by atoms with Crippen LogP contribution in [0.3, 0.4) is 0 Å². The maximum Gasteiger partial charge on any atom is 0.0746 e. The molecule has 0 fully saturated rings. The van der Waals surface area contributed by atoms with E-state index in [1.54, 1.807) is 0 Å². The molecule has 1 nitrogen and oxygen atoms in total. The van der Waals surface area contributed by atoms with Crippen LogP contribution in [0.2, 0.25) is 0 Å². The van der Waals surface area contributed by atoms with Crippen LogP contribution in [0.15, 0.2) is 170 Å². The zero-order chi connectivity index (χ0) is 37.9. The van der Waals surface area contributed by atoms with Gasteiger partial charge in [0.15, 0.2) is 0 Å². The van der Waals surface area contributed by atoms with E-state index >= 15 is 0 Å². The Bertz CT molecular complexity index is 2850. The molecule has 0 unspecified atom stereocenters. The smallest absolute Gasteiger partial charge is 0.0746 e. The van der Waals surface area contributed by atoms with Gasteiger partial charge in [-0.15, -0.1) is 0 Å². The number of hydrogen-bond donors (Lipinski definition) is 0. The number of aryl methyl sites for hydroxylation is 3. The summed E-state index contributed by atoms with van der Waals surface area (Å²) in [5.74, 6) is 0. The van der Waals surface area contributed by atoms with E-state index in [4.69, 9.17) is 0 Å². The fourth-order valence-corrected chi connectivity index (χ4v) is 10.6. The van der Waals surface area contributed by atoms with Gasteiger partial charge in [0.2, 0.25) is 0 Å². The first-order chi connectivity index (χ1) is 27.3. The summed E-state index contributed by atoms with van der Waals surface area (Å²) in [5.41, 5.74) is 25.3. The first-order valence-electron chi connectivity index (χ1n) is 19.9. The van der Waals surface area contributed by atoms with Crippen molar-refractivity contribution in [1.29, 1.82) is 0 Å². The van der Waals surface area contributed by atoms with Crippen LogP contribution in [0.5, 0.6) is 0 Å². The van der Waals surface area contributed by atoms with E-state index in [1.807, 2.05) is 0 Å². The molecule has 0 aromatic heterocycles. The van der Waals surface area contributed by atoms with E-state index in [9.17, 15) is 0 Å². The monoisotopic (exact) mass is 717 g/mol. The maximum atomic E-state index is 2.59. The van der Waals surface area contributed by atoms with Crippen LogP contribution < -0.4 is 4.90 Å². The van der Waals surface area contributed by atoms with Crippen molar-refractivity contribution in [3.8, 4) is 44.5 Å². The predicted molar refractivity (Wildman–Crippen MR) is 235 cm³/mol. The van der Waals surface area contributed by atoms with E-state index in [-0.39, 0.29) is 5.41 Å². The van der Waals surface area contributed by atoms with Gasteiger partial charge in [0.05, 0.1) is 16.8 Å². The second-order valence-corrected chi connectivity index (χ2v) is 16.7. The van der Waals surface area contributed by atoms with Gasteiger partial charge < -0.3 is 4.90 Å². The number of para-hydroxylation sites is 1. The number of fused-ring (bicyclic) bond motifs is 13. The van der Waals surface area contributed by atoms with Gasteiger partial charge in [-0.2, -0.15) is 0 Å². The lowest BCUT2D eigenvalue weighted by Crippen LogP contribution is -2.29. The summed E-state index contributed by atoms with van der Waals surface area (Å²) in [4.78, 5) is 2.59. The molecule has 0 heterocycles. The van der Waals surface area contributed by atoms with Crippen molar-refractivity contribution >= 4 is 17.1 Å². The highest BCUT2D eigenvalue weighted by molar-refractivity contribution is 6.01.